The van der Waals surface area contributed by atoms with Crippen molar-refractivity contribution in [3.63, 3.8) is 0 Å². The van der Waals surface area contributed by atoms with Gasteiger partial charge in [0, 0.05) is 47.6 Å². The molecule has 2 aromatic carbocycles. The molecular weight excluding hydrogens is 571 g/mol. The van der Waals surface area contributed by atoms with Crippen molar-refractivity contribution in [2.75, 3.05) is 13.2 Å². The molecule has 0 bridgehead atoms. The molecule has 3 heterocycles. The molecule has 1 aliphatic heterocycles. The van der Waals surface area contributed by atoms with Gasteiger partial charge in [0.15, 0.2) is 0 Å². The second-order valence-corrected chi connectivity index (χ2v) is 12.3. The van der Waals surface area contributed by atoms with Gasteiger partial charge in [-0.15, -0.1) is 0 Å². The SMILES string of the molecule is C=C(NCC(c1cccc(F)c1)c1cc2c(c(-c3ccnc(C)c3Cl)n1)OCC2)c1cc(C)c(N=C(CC)C2CC2)c(C)c1. The van der Waals surface area contributed by atoms with Crippen molar-refractivity contribution in [2.45, 2.75) is 59.3 Å². The van der Waals surface area contributed by atoms with Crippen molar-refractivity contribution in [2.24, 2.45) is 10.9 Å². The standard InChI is InChI=1S/C37H38ClFN4O/c1-6-32(25-10-11-25)42-35-21(2)16-28(17-22(35)3)23(4)41-20-31(26-8-7-9-29(39)18-26)33-19-27-13-15-44-37(27)36(43-33)30-12-14-40-24(5)34(30)38/h7-9,12,14,16-19,25,31,41H,4,6,10-11,13,15,20H2,1-3,5H3. The molecule has 226 valence electrons. The van der Waals surface area contributed by atoms with E-state index in [4.69, 9.17) is 26.3 Å². The van der Waals surface area contributed by atoms with Crippen LogP contribution in [0.25, 0.3) is 17.0 Å². The van der Waals surface area contributed by atoms with Crippen molar-refractivity contribution in [1.82, 2.24) is 15.3 Å². The maximum atomic E-state index is 14.6. The summed E-state index contributed by atoms with van der Waals surface area (Å²) in [5.74, 6) is 0.848. The molecular formula is C37H38ClFN4O. The van der Waals surface area contributed by atoms with Crippen LogP contribution in [0, 0.1) is 32.5 Å². The Morgan fingerprint density at radius 1 is 1.14 bits per heavy atom. The first-order valence-corrected chi connectivity index (χ1v) is 15.8. The molecule has 1 unspecified atom stereocenters. The zero-order valence-corrected chi connectivity index (χ0v) is 26.6. The Labute approximate surface area is 264 Å². The predicted octanol–water partition coefficient (Wildman–Crippen LogP) is 9.08. The Morgan fingerprint density at radius 2 is 1.91 bits per heavy atom. The second-order valence-electron chi connectivity index (χ2n) is 11.9. The number of rotatable bonds is 10. The summed E-state index contributed by atoms with van der Waals surface area (Å²) in [7, 11) is 0. The van der Waals surface area contributed by atoms with Crippen molar-refractivity contribution in [3.8, 4) is 17.0 Å². The van der Waals surface area contributed by atoms with Crippen LogP contribution in [0.1, 0.15) is 71.3 Å². The Balaban J connectivity index is 1.34. The molecule has 1 atom stereocenters. The zero-order chi connectivity index (χ0) is 31.0. The predicted molar refractivity (Wildman–Crippen MR) is 178 cm³/mol. The summed E-state index contributed by atoms with van der Waals surface area (Å²) in [4.78, 5) is 14.5. The number of nitrogens with one attached hydrogen (secondary N) is 1. The van der Waals surface area contributed by atoms with Crippen molar-refractivity contribution < 1.29 is 9.13 Å². The lowest BCUT2D eigenvalue weighted by atomic mass is 9.92. The quantitative estimate of drug-likeness (QED) is 0.182. The molecule has 44 heavy (non-hydrogen) atoms. The van der Waals surface area contributed by atoms with Crippen LogP contribution in [0.3, 0.4) is 0 Å². The van der Waals surface area contributed by atoms with Crippen molar-refractivity contribution in [3.05, 3.63) is 111 Å². The molecule has 1 saturated carbocycles. The lowest BCUT2D eigenvalue weighted by Gasteiger charge is -2.22. The van der Waals surface area contributed by atoms with E-state index in [1.165, 1.54) is 24.6 Å². The van der Waals surface area contributed by atoms with E-state index >= 15 is 0 Å². The van der Waals surface area contributed by atoms with Crippen LogP contribution >= 0.6 is 11.6 Å². The summed E-state index contributed by atoms with van der Waals surface area (Å²) in [6, 6.07) is 15.0. The van der Waals surface area contributed by atoms with Gasteiger partial charge in [0.2, 0.25) is 0 Å². The number of fused-ring (bicyclic) bond motifs is 1. The van der Waals surface area contributed by atoms with Gasteiger partial charge in [-0.1, -0.05) is 37.2 Å². The maximum absolute atomic E-state index is 14.6. The highest BCUT2D eigenvalue weighted by Crippen LogP contribution is 2.41. The van der Waals surface area contributed by atoms with Crippen LogP contribution in [0.4, 0.5) is 10.1 Å². The first kappa shape index (κ1) is 30.0. The third-order valence-corrected chi connectivity index (χ3v) is 9.12. The van der Waals surface area contributed by atoms with E-state index in [0.29, 0.717) is 29.8 Å². The number of ether oxygens (including phenoxy) is 1. The van der Waals surface area contributed by atoms with Crippen LogP contribution in [0.2, 0.25) is 5.02 Å². The van der Waals surface area contributed by atoms with Gasteiger partial charge in [-0.05, 0) is 105 Å². The van der Waals surface area contributed by atoms with Crippen LogP contribution in [0.5, 0.6) is 5.75 Å². The number of aliphatic imine (C=N–C) groups is 1. The number of aromatic nitrogens is 2. The molecule has 1 fully saturated rings. The lowest BCUT2D eigenvalue weighted by Crippen LogP contribution is -2.22. The van der Waals surface area contributed by atoms with E-state index in [0.717, 1.165) is 74.7 Å². The molecule has 2 aromatic heterocycles. The average Bonchev–Trinajstić information content (AvgIpc) is 3.74. The first-order chi connectivity index (χ1) is 21.2. The topological polar surface area (TPSA) is 59.4 Å². The number of pyridine rings is 2. The van der Waals surface area contributed by atoms with Crippen molar-refractivity contribution in [1.29, 1.82) is 0 Å². The lowest BCUT2D eigenvalue weighted by molar-refractivity contribution is 0.357. The number of nitrogens with zero attached hydrogens (tertiary/aromatic N) is 3. The molecule has 0 spiro atoms. The minimum atomic E-state index is -0.288. The number of benzene rings is 2. The first-order valence-electron chi connectivity index (χ1n) is 15.4. The van der Waals surface area contributed by atoms with Gasteiger partial charge >= 0.3 is 0 Å². The summed E-state index contributed by atoms with van der Waals surface area (Å²) in [6.07, 6.45) is 5.98. The molecule has 0 saturated heterocycles. The Bertz CT molecular complexity index is 1750. The van der Waals surface area contributed by atoms with Gasteiger partial charge in [-0.25, -0.2) is 9.37 Å². The van der Waals surface area contributed by atoms with Crippen LogP contribution in [0.15, 0.2) is 66.3 Å². The minimum absolute atomic E-state index is 0.259. The van der Waals surface area contributed by atoms with Gasteiger partial charge < -0.3 is 10.1 Å². The molecule has 2 aliphatic rings. The highest BCUT2D eigenvalue weighted by atomic mass is 35.5. The minimum Gasteiger partial charge on any atom is -0.491 e. The van der Waals surface area contributed by atoms with Gasteiger partial charge in [0.25, 0.3) is 0 Å². The van der Waals surface area contributed by atoms with E-state index in [9.17, 15) is 4.39 Å². The smallest absolute Gasteiger partial charge is 0.148 e. The summed E-state index contributed by atoms with van der Waals surface area (Å²) < 4.78 is 20.6. The molecule has 0 radical (unpaired) electrons. The summed E-state index contributed by atoms with van der Waals surface area (Å²) in [6.45, 7) is 13.7. The van der Waals surface area contributed by atoms with Crippen LogP contribution < -0.4 is 10.1 Å². The van der Waals surface area contributed by atoms with Gasteiger partial charge in [0.05, 0.1) is 28.7 Å². The van der Waals surface area contributed by atoms with Crippen LogP contribution in [-0.4, -0.2) is 28.8 Å². The maximum Gasteiger partial charge on any atom is 0.148 e. The van der Waals surface area contributed by atoms with E-state index in [2.05, 4.69) is 55.9 Å². The Kier molecular flexibility index (Phi) is 8.55. The average molecular weight is 609 g/mol. The number of halogens is 2. The molecule has 6 rings (SSSR count). The molecule has 0 amide bonds. The fourth-order valence-corrected chi connectivity index (χ4v) is 6.28. The van der Waals surface area contributed by atoms with Crippen LogP contribution in [-0.2, 0) is 6.42 Å². The fraction of sp³-hybridized carbons (Fsp3) is 0.324. The number of hydrogen-bond donors (Lipinski definition) is 1. The molecule has 1 aliphatic carbocycles. The summed E-state index contributed by atoms with van der Waals surface area (Å²) in [5, 5.41) is 4.10. The number of aryl methyl sites for hydroxylation is 3. The fourth-order valence-electron chi connectivity index (χ4n) is 6.08. The summed E-state index contributed by atoms with van der Waals surface area (Å²) in [5.41, 5.74) is 11.3. The van der Waals surface area contributed by atoms with Crippen molar-refractivity contribution >= 4 is 28.7 Å². The number of hydrogen-bond acceptors (Lipinski definition) is 5. The Morgan fingerprint density at radius 3 is 2.61 bits per heavy atom. The normalized spacial score (nSPS) is 15.1. The highest BCUT2D eigenvalue weighted by molar-refractivity contribution is 6.33. The van der Waals surface area contributed by atoms with E-state index in [1.807, 2.05) is 19.1 Å². The highest BCUT2D eigenvalue weighted by Gasteiger charge is 2.28. The summed E-state index contributed by atoms with van der Waals surface area (Å²) >= 11 is 6.72. The monoisotopic (exact) mass is 608 g/mol. The second kappa shape index (κ2) is 12.5. The van der Waals surface area contributed by atoms with Gasteiger partial charge in [-0.2, -0.15) is 0 Å². The van der Waals surface area contributed by atoms with E-state index in [1.54, 1.807) is 18.3 Å². The van der Waals surface area contributed by atoms with Gasteiger partial charge in [-0.3, -0.25) is 9.98 Å². The largest absolute Gasteiger partial charge is 0.491 e. The molecule has 5 nitrogen and oxygen atoms in total. The zero-order valence-electron chi connectivity index (χ0n) is 25.8. The Hall–Kier alpha value is -4.03. The van der Waals surface area contributed by atoms with E-state index < -0.39 is 0 Å². The molecule has 4 aromatic rings. The van der Waals surface area contributed by atoms with E-state index in [-0.39, 0.29) is 11.7 Å². The third-order valence-electron chi connectivity index (χ3n) is 8.64. The third kappa shape index (κ3) is 6.14. The molecule has 7 heteroatoms. The molecule has 1 N–H and O–H groups in total. The van der Waals surface area contributed by atoms with Gasteiger partial charge in [0.1, 0.15) is 17.3 Å².